The van der Waals surface area contributed by atoms with Crippen LogP contribution in [0, 0.1) is 17.1 Å². The third-order valence-corrected chi connectivity index (χ3v) is 5.01. The van der Waals surface area contributed by atoms with Gasteiger partial charge in [0.1, 0.15) is 17.3 Å². The average Bonchev–Trinajstić information content (AvgIpc) is 3.05. The smallest absolute Gasteiger partial charge is 0.165 e. The topological polar surface area (TPSA) is 57.7 Å². The normalized spacial score (nSPS) is 11.0. The fraction of sp³-hybridized carbons (Fsp3) is 0.286. The van der Waals surface area contributed by atoms with E-state index in [0.717, 1.165) is 16.2 Å². The van der Waals surface area contributed by atoms with Gasteiger partial charge in [0.2, 0.25) is 0 Å². The Bertz CT molecular complexity index is 965. The zero-order valence-corrected chi connectivity index (χ0v) is 16.8. The maximum Gasteiger partial charge on any atom is 0.165 e. The standard InChI is InChI=1S/C21H22FN5S/c1-3-28-17-9-10-19(18(22)14-17)27-21(13-16-7-5-4-6-8-16)24-20(25-27)15-26(2)12-11-23/h4-10,14H,3,12-13,15H2,1-2H3. The molecule has 3 rings (SSSR count). The average molecular weight is 396 g/mol. The lowest BCUT2D eigenvalue weighted by Crippen LogP contribution is -2.18. The van der Waals surface area contributed by atoms with Gasteiger partial charge in [-0.3, -0.25) is 4.90 Å². The van der Waals surface area contributed by atoms with Crippen molar-refractivity contribution in [2.75, 3.05) is 19.3 Å². The molecule has 144 valence electrons. The van der Waals surface area contributed by atoms with E-state index in [9.17, 15) is 4.39 Å². The van der Waals surface area contributed by atoms with Crippen LogP contribution in [0.15, 0.2) is 53.4 Å². The molecule has 0 fully saturated rings. The van der Waals surface area contributed by atoms with Crippen LogP contribution in [0.1, 0.15) is 24.1 Å². The van der Waals surface area contributed by atoms with Crippen molar-refractivity contribution in [3.63, 3.8) is 0 Å². The molecule has 0 bridgehead atoms. The van der Waals surface area contributed by atoms with Gasteiger partial charge in [-0.15, -0.1) is 16.9 Å². The van der Waals surface area contributed by atoms with Gasteiger partial charge < -0.3 is 0 Å². The lowest BCUT2D eigenvalue weighted by atomic mass is 10.1. The highest BCUT2D eigenvalue weighted by molar-refractivity contribution is 7.99. The van der Waals surface area contributed by atoms with Crippen molar-refractivity contribution in [3.05, 3.63) is 71.6 Å². The monoisotopic (exact) mass is 395 g/mol. The number of benzene rings is 2. The first-order chi connectivity index (χ1) is 13.6. The first-order valence-electron chi connectivity index (χ1n) is 9.07. The van der Waals surface area contributed by atoms with Crippen molar-refractivity contribution in [3.8, 4) is 11.8 Å². The van der Waals surface area contributed by atoms with Crippen LogP contribution >= 0.6 is 11.8 Å². The zero-order valence-electron chi connectivity index (χ0n) is 16.0. The van der Waals surface area contributed by atoms with E-state index in [-0.39, 0.29) is 12.4 Å². The minimum Gasteiger partial charge on any atom is -0.286 e. The quantitative estimate of drug-likeness (QED) is 0.425. The Hall–Kier alpha value is -2.69. The molecule has 7 heteroatoms. The molecule has 0 radical (unpaired) electrons. The van der Waals surface area contributed by atoms with Gasteiger partial charge >= 0.3 is 0 Å². The van der Waals surface area contributed by atoms with Gasteiger partial charge in [-0.25, -0.2) is 14.1 Å². The molecule has 0 saturated carbocycles. The summed E-state index contributed by atoms with van der Waals surface area (Å²) < 4.78 is 16.4. The van der Waals surface area contributed by atoms with E-state index in [1.54, 1.807) is 28.6 Å². The van der Waals surface area contributed by atoms with E-state index in [0.29, 0.717) is 30.3 Å². The Morgan fingerprint density at radius 2 is 2.00 bits per heavy atom. The van der Waals surface area contributed by atoms with Crippen molar-refractivity contribution < 1.29 is 4.39 Å². The molecule has 0 atom stereocenters. The number of hydrogen-bond donors (Lipinski definition) is 0. The number of aromatic nitrogens is 3. The van der Waals surface area contributed by atoms with E-state index in [1.807, 2.05) is 55.3 Å². The fourth-order valence-corrected chi connectivity index (χ4v) is 3.56. The molecule has 1 heterocycles. The number of nitriles is 1. The van der Waals surface area contributed by atoms with Crippen molar-refractivity contribution in [1.82, 2.24) is 19.7 Å². The fourth-order valence-electron chi connectivity index (χ4n) is 2.88. The van der Waals surface area contributed by atoms with Crippen molar-refractivity contribution in [1.29, 1.82) is 5.26 Å². The molecule has 0 aliphatic rings. The Labute approximate surface area is 168 Å². The van der Waals surface area contributed by atoms with Crippen LogP contribution in [0.2, 0.25) is 0 Å². The van der Waals surface area contributed by atoms with E-state index in [4.69, 9.17) is 5.26 Å². The first kappa shape index (κ1) is 20.1. The number of nitrogens with zero attached hydrogens (tertiary/aromatic N) is 5. The summed E-state index contributed by atoms with van der Waals surface area (Å²) >= 11 is 1.60. The van der Waals surface area contributed by atoms with Crippen LogP contribution in [-0.2, 0) is 13.0 Å². The van der Waals surface area contributed by atoms with Gasteiger partial charge in [-0.05, 0) is 36.6 Å². The summed E-state index contributed by atoms with van der Waals surface area (Å²) in [5, 5.41) is 13.4. The molecule has 0 aliphatic heterocycles. The van der Waals surface area contributed by atoms with Crippen LogP contribution in [0.25, 0.3) is 5.69 Å². The summed E-state index contributed by atoms with van der Waals surface area (Å²) in [6.07, 6.45) is 0.542. The van der Waals surface area contributed by atoms with Crippen LogP contribution < -0.4 is 0 Å². The number of rotatable bonds is 8. The highest BCUT2D eigenvalue weighted by atomic mass is 32.2. The summed E-state index contributed by atoms with van der Waals surface area (Å²) in [6, 6.07) is 17.2. The lowest BCUT2D eigenvalue weighted by Gasteiger charge is -2.09. The highest BCUT2D eigenvalue weighted by Gasteiger charge is 2.16. The first-order valence-corrected chi connectivity index (χ1v) is 10.1. The molecule has 28 heavy (non-hydrogen) atoms. The predicted octanol–water partition coefficient (Wildman–Crippen LogP) is 4.06. The van der Waals surface area contributed by atoms with Crippen LogP contribution in [0.5, 0.6) is 0 Å². The predicted molar refractivity (Wildman–Crippen MR) is 109 cm³/mol. The Kier molecular flexibility index (Phi) is 6.80. The molecule has 0 unspecified atom stereocenters. The zero-order chi connectivity index (χ0) is 19.9. The number of hydrogen-bond acceptors (Lipinski definition) is 5. The van der Waals surface area contributed by atoms with Crippen molar-refractivity contribution in [2.45, 2.75) is 24.8 Å². The Morgan fingerprint density at radius 1 is 1.21 bits per heavy atom. The summed E-state index contributed by atoms with van der Waals surface area (Å²) in [4.78, 5) is 7.35. The van der Waals surface area contributed by atoms with Crippen LogP contribution in [0.4, 0.5) is 4.39 Å². The van der Waals surface area contributed by atoms with Crippen LogP contribution in [0.3, 0.4) is 0 Å². The van der Waals surface area contributed by atoms with Gasteiger partial charge in [0, 0.05) is 11.3 Å². The Balaban J connectivity index is 1.97. The molecular formula is C21H22FN5S. The van der Waals surface area contributed by atoms with E-state index in [1.165, 1.54) is 0 Å². The van der Waals surface area contributed by atoms with Gasteiger partial charge in [0.15, 0.2) is 5.82 Å². The molecule has 1 aromatic heterocycles. The SMILES string of the molecule is CCSc1ccc(-n2nc(CN(C)CC#N)nc2Cc2ccccc2)c(F)c1. The molecule has 0 aliphatic carbocycles. The van der Waals surface area contributed by atoms with Crippen LogP contribution in [-0.4, -0.2) is 39.0 Å². The van der Waals surface area contributed by atoms with Gasteiger partial charge in [-0.1, -0.05) is 37.3 Å². The minimum absolute atomic E-state index is 0.278. The maximum atomic E-state index is 14.8. The third-order valence-electron chi connectivity index (χ3n) is 4.13. The minimum atomic E-state index is -0.324. The molecule has 0 N–H and O–H groups in total. The van der Waals surface area contributed by atoms with E-state index in [2.05, 4.69) is 16.2 Å². The second-order valence-corrected chi connectivity index (χ2v) is 7.73. The maximum absolute atomic E-state index is 14.8. The van der Waals surface area contributed by atoms with Gasteiger partial charge in [0.05, 0.1) is 19.2 Å². The van der Waals surface area contributed by atoms with Gasteiger partial charge in [-0.2, -0.15) is 5.26 Å². The van der Waals surface area contributed by atoms with Crippen molar-refractivity contribution >= 4 is 11.8 Å². The molecule has 3 aromatic rings. The van der Waals surface area contributed by atoms with E-state index >= 15 is 0 Å². The number of thioether (sulfide) groups is 1. The second-order valence-electron chi connectivity index (χ2n) is 6.40. The molecule has 5 nitrogen and oxygen atoms in total. The summed E-state index contributed by atoms with van der Waals surface area (Å²) in [5.41, 5.74) is 1.46. The molecular weight excluding hydrogens is 373 g/mol. The molecule has 2 aromatic carbocycles. The third kappa shape index (κ3) is 4.97. The summed E-state index contributed by atoms with van der Waals surface area (Å²) in [6.45, 7) is 2.74. The van der Waals surface area contributed by atoms with Gasteiger partial charge in [0.25, 0.3) is 0 Å². The molecule has 0 spiro atoms. The second kappa shape index (κ2) is 9.49. The lowest BCUT2D eigenvalue weighted by molar-refractivity contribution is 0.357. The van der Waals surface area contributed by atoms with Crippen molar-refractivity contribution in [2.24, 2.45) is 0 Å². The summed E-state index contributed by atoms with van der Waals surface area (Å²) in [5.74, 6) is 1.79. The Morgan fingerprint density at radius 3 is 2.68 bits per heavy atom. The molecule has 0 amide bonds. The highest BCUT2D eigenvalue weighted by Crippen LogP contribution is 2.24. The largest absolute Gasteiger partial charge is 0.286 e. The molecule has 0 saturated heterocycles. The summed E-state index contributed by atoms with van der Waals surface area (Å²) in [7, 11) is 1.83. The van der Waals surface area contributed by atoms with E-state index < -0.39 is 0 Å². The number of halogens is 1.